The lowest BCUT2D eigenvalue weighted by molar-refractivity contribution is 0.0626. The van der Waals surface area contributed by atoms with Gasteiger partial charge in [0.25, 0.3) is 5.91 Å². The Morgan fingerprint density at radius 1 is 1.13 bits per heavy atom. The largest absolute Gasteiger partial charge is 0.383 e. The van der Waals surface area contributed by atoms with Crippen molar-refractivity contribution in [3.63, 3.8) is 0 Å². The molecule has 2 aromatic carbocycles. The van der Waals surface area contributed by atoms with E-state index in [2.05, 4.69) is 9.62 Å². The highest BCUT2D eigenvalue weighted by Crippen LogP contribution is 2.19. The first-order valence-corrected chi connectivity index (χ1v) is 11.6. The van der Waals surface area contributed by atoms with Gasteiger partial charge in [0.05, 0.1) is 11.5 Å². The van der Waals surface area contributed by atoms with Crippen molar-refractivity contribution in [1.82, 2.24) is 14.5 Å². The quantitative estimate of drug-likeness (QED) is 0.624. The maximum atomic E-state index is 13.9. The minimum Gasteiger partial charge on any atom is -0.383 e. The van der Waals surface area contributed by atoms with Gasteiger partial charge in [0.1, 0.15) is 5.82 Å². The number of hydrogen-bond donors (Lipinski definition) is 1. The minimum absolute atomic E-state index is 0.0516. The van der Waals surface area contributed by atoms with Gasteiger partial charge < -0.3 is 9.64 Å². The number of ether oxygens (including phenoxy) is 1. The number of aryl methyl sites for hydroxylation is 1. The molecule has 168 valence electrons. The van der Waals surface area contributed by atoms with Gasteiger partial charge in [-0.15, -0.1) is 0 Å². The van der Waals surface area contributed by atoms with Gasteiger partial charge in [-0.05, 0) is 30.7 Å². The van der Waals surface area contributed by atoms with E-state index in [1.54, 1.807) is 30.0 Å². The Morgan fingerprint density at radius 3 is 2.52 bits per heavy atom. The highest BCUT2D eigenvalue weighted by atomic mass is 32.2. The van der Waals surface area contributed by atoms with Crippen LogP contribution in [0.3, 0.4) is 0 Å². The summed E-state index contributed by atoms with van der Waals surface area (Å²) in [4.78, 5) is 17.0. The summed E-state index contributed by atoms with van der Waals surface area (Å²) >= 11 is 0. The third-order valence-electron chi connectivity index (χ3n) is 5.36. The predicted octanol–water partition coefficient (Wildman–Crippen LogP) is 2.02. The van der Waals surface area contributed by atoms with Crippen LogP contribution in [0.2, 0.25) is 0 Å². The molecule has 1 heterocycles. The summed E-state index contributed by atoms with van der Waals surface area (Å²) in [5, 5.41) is 0. The molecule has 9 heteroatoms. The fourth-order valence-corrected chi connectivity index (χ4v) is 4.55. The van der Waals surface area contributed by atoms with E-state index in [9.17, 15) is 17.6 Å². The Hall–Kier alpha value is -2.33. The lowest BCUT2D eigenvalue weighted by atomic mass is 10.1. The summed E-state index contributed by atoms with van der Waals surface area (Å²) in [6.45, 7) is 4.93. The van der Waals surface area contributed by atoms with Gasteiger partial charge in [-0.1, -0.05) is 24.3 Å². The summed E-state index contributed by atoms with van der Waals surface area (Å²) in [6.07, 6.45) is 0. The molecule has 2 aromatic rings. The molecule has 0 spiro atoms. The number of benzene rings is 2. The first-order valence-electron chi connectivity index (χ1n) is 10.2. The van der Waals surface area contributed by atoms with E-state index in [1.807, 2.05) is 6.07 Å². The Bertz CT molecular complexity index is 1020. The van der Waals surface area contributed by atoms with Crippen LogP contribution in [0.4, 0.5) is 4.39 Å². The molecule has 31 heavy (non-hydrogen) atoms. The van der Waals surface area contributed by atoms with Gasteiger partial charge in [-0.25, -0.2) is 17.5 Å². The molecule has 0 unspecified atom stereocenters. The number of carbonyl (C=O) groups is 1. The fraction of sp³-hybridized carbons (Fsp3) is 0.409. The molecule has 0 aliphatic carbocycles. The van der Waals surface area contributed by atoms with E-state index < -0.39 is 10.0 Å². The van der Waals surface area contributed by atoms with E-state index in [0.717, 1.165) is 5.56 Å². The van der Waals surface area contributed by atoms with Crippen molar-refractivity contribution >= 4 is 15.9 Å². The smallest absolute Gasteiger partial charge is 0.254 e. The van der Waals surface area contributed by atoms with Crippen LogP contribution < -0.4 is 4.72 Å². The number of sulfonamides is 1. The second-order valence-corrected chi connectivity index (χ2v) is 9.29. The SMILES string of the molecule is COCCNS(=O)(=O)c1ccc(C)c(C(=O)N2CCN(Cc3ccccc3F)CC2)c1. The first kappa shape index (κ1) is 23.3. The molecule has 0 aromatic heterocycles. The third kappa shape index (κ3) is 5.88. The zero-order valence-corrected chi connectivity index (χ0v) is 18.6. The summed E-state index contributed by atoms with van der Waals surface area (Å²) in [5.41, 5.74) is 1.73. The van der Waals surface area contributed by atoms with Crippen molar-refractivity contribution in [2.75, 3.05) is 46.4 Å². The first-order chi connectivity index (χ1) is 14.8. The summed E-state index contributed by atoms with van der Waals surface area (Å²) in [6, 6.07) is 11.3. The molecule has 1 amide bonds. The second-order valence-electron chi connectivity index (χ2n) is 7.53. The number of amides is 1. The fourth-order valence-electron chi connectivity index (χ4n) is 3.51. The summed E-state index contributed by atoms with van der Waals surface area (Å²) in [5.74, 6) is -0.425. The van der Waals surface area contributed by atoms with E-state index in [-0.39, 0.29) is 29.8 Å². The van der Waals surface area contributed by atoms with Gasteiger partial charge in [0.15, 0.2) is 0 Å². The zero-order valence-electron chi connectivity index (χ0n) is 17.8. The molecule has 7 nitrogen and oxygen atoms in total. The van der Waals surface area contributed by atoms with Crippen molar-refractivity contribution in [2.24, 2.45) is 0 Å². The Kier molecular flexibility index (Phi) is 7.77. The second kappa shape index (κ2) is 10.3. The van der Waals surface area contributed by atoms with Gasteiger partial charge in [0.2, 0.25) is 10.0 Å². The molecule has 1 aliphatic rings. The number of methoxy groups -OCH3 is 1. The molecule has 1 fully saturated rings. The number of nitrogens with one attached hydrogen (secondary N) is 1. The van der Waals surface area contributed by atoms with Gasteiger partial charge in [-0.2, -0.15) is 0 Å². The molecule has 0 saturated carbocycles. The maximum Gasteiger partial charge on any atom is 0.254 e. The highest BCUT2D eigenvalue weighted by Gasteiger charge is 2.25. The van der Waals surface area contributed by atoms with Crippen LogP contribution in [0.25, 0.3) is 0 Å². The number of hydrogen-bond acceptors (Lipinski definition) is 5. The van der Waals surface area contributed by atoms with E-state index in [1.165, 1.54) is 25.3 Å². The molecule has 1 N–H and O–H groups in total. The van der Waals surface area contributed by atoms with Crippen molar-refractivity contribution in [3.05, 3.63) is 65.0 Å². The van der Waals surface area contributed by atoms with Crippen LogP contribution in [-0.4, -0.2) is 70.6 Å². The topological polar surface area (TPSA) is 78.9 Å². The Labute approximate surface area is 182 Å². The van der Waals surface area contributed by atoms with Crippen LogP contribution in [0.5, 0.6) is 0 Å². The normalized spacial score (nSPS) is 15.3. The van der Waals surface area contributed by atoms with Crippen LogP contribution in [-0.2, 0) is 21.3 Å². The maximum absolute atomic E-state index is 13.9. The molecular weight excluding hydrogens is 421 g/mol. The molecule has 3 rings (SSSR count). The number of halogens is 1. The average molecular weight is 450 g/mol. The molecule has 0 bridgehead atoms. The van der Waals surface area contributed by atoms with Crippen LogP contribution in [0, 0.1) is 12.7 Å². The summed E-state index contributed by atoms with van der Waals surface area (Å²) in [7, 11) is -2.23. The lowest BCUT2D eigenvalue weighted by Crippen LogP contribution is -2.48. The Morgan fingerprint density at radius 2 is 1.84 bits per heavy atom. The number of rotatable bonds is 8. The van der Waals surface area contributed by atoms with Crippen molar-refractivity contribution in [1.29, 1.82) is 0 Å². The average Bonchev–Trinajstić information content (AvgIpc) is 2.76. The molecule has 0 radical (unpaired) electrons. The number of piperazine rings is 1. The minimum atomic E-state index is -3.73. The predicted molar refractivity (Wildman–Crippen MR) is 116 cm³/mol. The standard InChI is InChI=1S/C22H28FN3O4S/c1-17-7-8-19(31(28,29)24-9-14-30-2)15-20(17)22(27)26-12-10-25(11-13-26)16-18-5-3-4-6-21(18)23/h3-8,15,24H,9-14,16H2,1-2H3. The van der Waals surface area contributed by atoms with Gasteiger partial charge in [0, 0.05) is 57.5 Å². The molecule has 1 aliphatic heterocycles. The third-order valence-corrected chi connectivity index (χ3v) is 6.82. The number of nitrogens with zero attached hydrogens (tertiary/aromatic N) is 2. The van der Waals surface area contributed by atoms with Gasteiger partial charge >= 0.3 is 0 Å². The Balaban J connectivity index is 1.66. The van der Waals surface area contributed by atoms with Gasteiger partial charge in [-0.3, -0.25) is 9.69 Å². The monoisotopic (exact) mass is 449 g/mol. The highest BCUT2D eigenvalue weighted by molar-refractivity contribution is 7.89. The van der Waals surface area contributed by atoms with Crippen LogP contribution >= 0.6 is 0 Å². The molecular formula is C22H28FN3O4S. The molecule has 0 atom stereocenters. The lowest BCUT2D eigenvalue weighted by Gasteiger charge is -2.35. The van der Waals surface area contributed by atoms with E-state index >= 15 is 0 Å². The molecule has 1 saturated heterocycles. The van der Waals surface area contributed by atoms with E-state index in [4.69, 9.17) is 4.74 Å². The number of carbonyl (C=O) groups excluding carboxylic acids is 1. The zero-order chi connectivity index (χ0) is 22.4. The van der Waals surface area contributed by atoms with Crippen LogP contribution in [0.1, 0.15) is 21.5 Å². The van der Waals surface area contributed by atoms with Crippen molar-refractivity contribution in [3.8, 4) is 0 Å². The van der Waals surface area contributed by atoms with Crippen molar-refractivity contribution < 1.29 is 22.3 Å². The van der Waals surface area contributed by atoms with Crippen molar-refractivity contribution in [2.45, 2.75) is 18.4 Å². The van der Waals surface area contributed by atoms with E-state index in [0.29, 0.717) is 43.9 Å². The summed E-state index contributed by atoms with van der Waals surface area (Å²) < 4.78 is 46.2. The van der Waals surface area contributed by atoms with Crippen LogP contribution in [0.15, 0.2) is 47.4 Å².